The Bertz CT molecular complexity index is 1290. The number of fused-ring (bicyclic) bond motifs is 1. The Hall–Kier alpha value is -3.96. The van der Waals surface area contributed by atoms with Gasteiger partial charge in [-0.1, -0.05) is 18.2 Å². The molecule has 0 unspecified atom stereocenters. The normalized spacial score (nSPS) is 13.7. The van der Waals surface area contributed by atoms with Crippen LogP contribution in [0.4, 0.5) is 11.5 Å². The summed E-state index contributed by atoms with van der Waals surface area (Å²) >= 11 is 0. The summed E-state index contributed by atoms with van der Waals surface area (Å²) in [5.41, 5.74) is 3.31. The SMILES string of the molecule is COc1cc2c(N(C(=N)NCCC(=O)O)c3c(C)cccc3C)ncnc2cc1OCCCN1CCOCC1. The molecule has 0 bridgehead atoms. The molecule has 3 N–H and O–H groups in total. The largest absolute Gasteiger partial charge is 0.493 e. The third-order valence-corrected chi connectivity index (χ3v) is 6.61. The van der Waals surface area contributed by atoms with Gasteiger partial charge in [0, 0.05) is 37.6 Å². The van der Waals surface area contributed by atoms with E-state index >= 15 is 0 Å². The number of anilines is 2. The first-order valence-corrected chi connectivity index (χ1v) is 13.0. The van der Waals surface area contributed by atoms with Crippen LogP contribution in [0, 0.1) is 19.3 Å². The predicted octanol–water partition coefficient (Wildman–Crippen LogP) is 3.49. The molecule has 39 heavy (non-hydrogen) atoms. The first-order valence-electron chi connectivity index (χ1n) is 13.0. The highest BCUT2D eigenvalue weighted by Gasteiger charge is 2.24. The highest BCUT2D eigenvalue weighted by Crippen LogP contribution is 2.38. The Kier molecular flexibility index (Phi) is 9.50. The number of aryl methyl sites for hydroxylation is 2. The number of methoxy groups -OCH3 is 1. The van der Waals surface area contributed by atoms with Crippen molar-refractivity contribution in [3.63, 3.8) is 0 Å². The smallest absolute Gasteiger partial charge is 0.305 e. The molecule has 0 radical (unpaired) electrons. The lowest BCUT2D eigenvalue weighted by Gasteiger charge is -2.29. The van der Waals surface area contributed by atoms with Crippen molar-refractivity contribution in [1.29, 1.82) is 5.41 Å². The van der Waals surface area contributed by atoms with E-state index in [9.17, 15) is 4.79 Å². The van der Waals surface area contributed by atoms with Gasteiger partial charge in [-0.15, -0.1) is 0 Å². The molecule has 1 fully saturated rings. The fourth-order valence-corrected chi connectivity index (χ4v) is 4.64. The lowest BCUT2D eigenvalue weighted by Crippen LogP contribution is -2.39. The number of hydrogen-bond donors (Lipinski definition) is 3. The maximum Gasteiger partial charge on any atom is 0.305 e. The molecule has 0 aliphatic carbocycles. The number of nitrogens with zero attached hydrogens (tertiary/aromatic N) is 4. The highest BCUT2D eigenvalue weighted by atomic mass is 16.5. The van der Waals surface area contributed by atoms with Gasteiger partial charge in [0.1, 0.15) is 6.33 Å². The summed E-state index contributed by atoms with van der Waals surface area (Å²) < 4.78 is 17.2. The van der Waals surface area contributed by atoms with Gasteiger partial charge in [-0.05, 0) is 37.5 Å². The molecule has 0 saturated carbocycles. The third-order valence-electron chi connectivity index (χ3n) is 6.61. The summed E-state index contributed by atoms with van der Waals surface area (Å²) in [5.74, 6) is 0.670. The van der Waals surface area contributed by atoms with Gasteiger partial charge in [-0.3, -0.25) is 20.0 Å². The average Bonchev–Trinajstić information content (AvgIpc) is 2.93. The van der Waals surface area contributed by atoms with E-state index in [1.807, 2.05) is 44.2 Å². The number of hydrogen-bond acceptors (Lipinski definition) is 8. The number of ether oxygens (including phenoxy) is 3. The van der Waals surface area contributed by atoms with Gasteiger partial charge in [-0.25, -0.2) is 9.97 Å². The fourth-order valence-electron chi connectivity index (χ4n) is 4.64. The molecular weight excluding hydrogens is 500 g/mol. The van der Waals surface area contributed by atoms with Gasteiger partial charge >= 0.3 is 5.97 Å². The summed E-state index contributed by atoms with van der Waals surface area (Å²) in [4.78, 5) is 24.2. The van der Waals surface area contributed by atoms with E-state index in [1.165, 1.54) is 6.33 Å². The van der Waals surface area contributed by atoms with E-state index < -0.39 is 5.97 Å². The van der Waals surface area contributed by atoms with Crippen LogP contribution < -0.4 is 19.7 Å². The number of morpholine rings is 1. The Morgan fingerprint density at radius 2 is 1.92 bits per heavy atom. The van der Waals surface area contributed by atoms with Crippen LogP contribution in [0.25, 0.3) is 10.9 Å². The van der Waals surface area contributed by atoms with Crippen LogP contribution in [0.3, 0.4) is 0 Å². The van der Waals surface area contributed by atoms with Gasteiger partial charge in [0.05, 0.1) is 44.6 Å². The van der Waals surface area contributed by atoms with Crippen molar-refractivity contribution in [1.82, 2.24) is 20.2 Å². The zero-order valence-electron chi connectivity index (χ0n) is 22.7. The number of para-hydroxylation sites is 1. The van der Waals surface area contributed by atoms with Crippen molar-refractivity contribution in [3.05, 3.63) is 47.8 Å². The Morgan fingerprint density at radius 1 is 1.18 bits per heavy atom. The topological polar surface area (TPSA) is 133 Å². The van der Waals surface area contributed by atoms with Crippen LogP contribution in [0.1, 0.15) is 24.0 Å². The molecular formula is C28H36N6O5. The number of carboxylic acid groups (broad SMARTS) is 1. The molecule has 1 saturated heterocycles. The number of guanidine groups is 1. The highest BCUT2D eigenvalue weighted by molar-refractivity contribution is 6.08. The van der Waals surface area contributed by atoms with Crippen LogP contribution in [-0.2, 0) is 9.53 Å². The minimum Gasteiger partial charge on any atom is -0.493 e. The molecule has 11 heteroatoms. The van der Waals surface area contributed by atoms with Gasteiger partial charge in [0.15, 0.2) is 17.3 Å². The first kappa shape index (κ1) is 28.1. The van der Waals surface area contributed by atoms with Crippen molar-refractivity contribution in [2.45, 2.75) is 26.7 Å². The van der Waals surface area contributed by atoms with E-state index in [0.29, 0.717) is 34.8 Å². The predicted molar refractivity (Wildman–Crippen MR) is 149 cm³/mol. The van der Waals surface area contributed by atoms with Crippen LogP contribution in [0.15, 0.2) is 36.7 Å². The Morgan fingerprint density at radius 3 is 2.62 bits per heavy atom. The standard InChI is InChI=1S/C28H36N6O5/c1-19-6-4-7-20(2)26(19)34(28(29)30-9-8-25(35)36)27-21-16-23(37-3)24(17-22(21)31-18-32-27)39-13-5-10-33-11-14-38-15-12-33/h4,6-7,16-18H,5,8-15H2,1-3H3,(H2,29,30)(H,35,36). The number of nitrogens with one attached hydrogen (secondary N) is 2. The second-order valence-corrected chi connectivity index (χ2v) is 9.37. The van der Waals surface area contributed by atoms with E-state index in [1.54, 1.807) is 12.0 Å². The minimum absolute atomic E-state index is 0.0102. The van der Waals surface area contributed by atoms with E-state index in [4.69, 9.17) is 24.7 Å². The molecule has 2 heterocycles. The third kappa shape index (κ3) is 6.92. The summed E-state index contributed by atoms with van der Waals surface area (Å²) in [7, 11) is 1.59. The van der Waals surface area contributed by atoms with Crippen molar-refractivity contribution in [2.24, 2.45) is 0 Å². The molecule has 0 spiro atoms. The monoisotopic (exact) mass is 536 g/mol. The van der Waals surface area contributed by atoms with Crippen LogP contribution in [0.5, 0.6) is 11.5 Å². The van der Waals surface area contributed by atoms with Crippen LogP contribution >= 0.6 is 0 Å². The summed E-state index contributed by atoms with van der Waals surface area (Å²) in [5, 5.41) is 21.5. The summed E-state index contributed by atoms with van der Waals surface area (Å²) in [6, 6.07) is 9.54. The average molecular weight is 537 g/mol. The van der Waals surface area contributed by atoms with Crippen molar-refractivity contribution in [3.8, 4) is 11.5 Å². The number of aliphatic carboxylic acids is 1. The maximum atomic E-state index is 11.1. The lowest BCUT2D eigenvalue weighted by atomic mass is 10.1. The van der Waals surface area contributed by atoms with Crippen molar-refractivity contribution < 1.29 is 24.1 Å². The molecule has 1 aliphatic rings. The van der Waals surface area contributed by atoms with E-state index in [2.05, 4.69) is 20.2 Å². The number of benzene rings is 2. The Balaban J connectivity index is 1.65. The summed E-state index contributed by atoms with van der Waals surface area (Å²) in [6.07, 6.45) is 2.21. The van der Waals surface area contributed by atoms with Crippen LogP contribution in [0.2, 0.25) is 0 Å². The van der Waals surface area contributed by atoms with Gasteiger partial charge in [-0.2, -0.15) is 0 Å². The second kappa shape index (κ2) is 13.2. The second-order valence-electron chi connectivity index (χ2n) is 9.37. The van der Waals surface area contributed by atoms with Gasteiger partial charge < -0.3 is 24.6 Å². The quantitative estimate of drug-likeness (QED) is 0.190. The molecule has 0 atom stereocenters. The molecule has 208 valence electrons. The molecule has 0 amide bonds. The van der Waals surface area contributed by atoms with Crippen molar-refractivity contribution >= 4 is 34.3 Å². The van der Waals surface area contributed by atoms with Gasteiger partial charge in [0.25, 0.3) is 0 Å². The zero-order chi connectivity index (χ0) is 27.8. The summed E-state index contributed by atoms with van der Waals surface area (Å²) in [6.45, 7) is 8.92. The van der Waals surface area contributed by atoms with Gasteiger partial charge in [0.2, 0.25) is 5.96 Å². The molecule has 1 aromatic heterocycles. The maximum absolute atomic E-state index is 11.1. The zero-order valence-corrected chi connectivity index (χ0v) is 22.7. The molecule has 3 aromatic rings. The van der Waals surface area contributed by atoms with Crippen LogP contribution in [-0.4, -0.2) is 85.0 Å². The van der Waals surface area contributed by atoms with E-state index in [-0.39, 0.29) is 18.9 Å². The molecule has 11 nitrogen and oxygen atoms in total. The number of aromatic nitrogens is 2. The first-order chi connectivity index (χ1) is 18.9. The molecule has 1 aliphatic heterocycles. The van der Waals surface area contributed by atoms with Crippen molar-refractivity contribution in [2.75, 3.05) is 58.0 Å². The van der Waals surface area contributed by atoms with E-state index in [0.717, 1.165) is 56.1 Å². The molecule has 4 rings (SSSR count). The fraction of sp³-hybridized carbons (Fsp3) is 0.429. The lowest BCUT2D eigenvalue weighted by molar-refractivity contribution is -0.136. The number of carboxylic acids is 1. The minimum atomic E-state index is -0.941. The molecule has 2 aromatic carbocycles. The number of rotatable bonds is 11. The number of carbonyl (C=O) groups is 1. The Labute approximate surface area is 228 Å².